The van der Waals surface area contributed by atoms with E-state index in [0.717, 1.165) is 25.7 Å². The van der Waals surface area contributed by atoms with Crippen LogP contribution in [0.3, 0.4) is 0 Å². The molecule has 0 bridgehead atoms. The molecular weight excluding hydrogens is 252 g/mol. The minimum absolute atomic E-state index is 0.0335. The number of imide groups is 1. The molecule has 0 N–H and O–H groups in total. The van der Waals surface area contributed by atoms with Crippen LogP contribution in [0, 0.1) is 0 Å². The highest BCUT2D eigenvalue weighted by molar-refractivity contribution is 6.01. The van der Waals surface area contributed by atoms with Gasteiger partial charge < -0.3 is 0 Å². The molecule has 4 nitrogen and oxygen atoms in total. The van der Waals surface area contributed by atoms with Crippen molar-refractivity contribution in [3.8, 4) is 0 Å². The first-order valence-electron chi connectivity index (χ1n) is 8.41. The number of carbonyl (C=O) groups is 2. The molecule has 0 aromatic carbocycles. The maximum absolute atomic E-state index is 12.2. The van der Waals surface area contributed by atoms with Gasteiger partial charge in [-0.1, -0.05) is 38.5 Å². The van der Waals surface area contributed by atoms with Crippen LogP contribution in [0.5, 0.6) is 0 Å². The van der Waals surface area contributed by atoms with Gasteiger partial charge in [-0.2, -0.15) is 0 Å². The lowest BCUT2D eigenvalue weighted by atomic mass is 9.90. The lowest BCUT2D eigenvalue weighted by Crippen LogP contribution is -2.57. The van der Waals surface area contributed by atoms with Gasteiger partial charge in [-0.25, -0.2) is 10.0 Å². The molecule has 1 heterocycles. The molecule has 20 heavy (non-hydrogen) atoms. The fraction of sp³-hybridized carbons (Fsp3) is 0.875. The van der Waals surface area contributed by atoms with Gasteiger partial charge in [0, 0.05) is 24.9 Å². The zero-order valence-electron chi connectivity index (χ0n) is 12.4. The molecule has 112 valence electrons. The van der Waals surface area contributed by atoms with Gasteiger partial charge in [0.15, 0.2) is 0 Å². The van der Waals surface area contributed by atoms with Crippen LogP contribution in [-0.2, 0) is 9.59 Å². The maximum atomic E-state index is 12.2. The molecule has 4 heteroatoms. The Hall–Kier alpha value is -0.900. The summed E-state index contributed by atoms with van der Waals surface area (Å²) in [6.07, 6.45) is 13.0. The molecule has 2 amide bonds. The summed E-state index contributed by atoms with van der Waals surface area (Å²) in [7, 11) is 0. The largest absolute Gasteiger partial charge is 0.273 e. The number of hydrazine groups is 1. The van der Waals surface area contributed by atoms with Gasteiger partial charge in [0.25, 0.3) is 0 Å². The highest BCUT2D eigenvalue weighted by atomic mass is 16.2. The van der Waals surface area contributed by atoms with Crippen molar-refractivity contribution in [1.82, 2.24) is 10.0 Å². The van der Waals surface area contributed by atoms with Gasteiger partial charge in [-0.05, 0) is 25.7 Å². The summed E-state index contributed by atoms with van der Waals surface area (Å²) in [4.78, 5) is 24.3. The van der Waals surface area contributed by atoms with Crippen molar-refractivity contribution in [2.45, 2.75) is 89.1 Å². The molecule has 0 spiro atoms. The predicted octanol–water partition coefficient (Wildman–Crippen LogP) is 3.02. The Balaban J connectivity index is 1.81. The Morgan fingerprint density at radius 3 is 1.50 bits per heavy atom. The van der Waals surface area contributed by atoms with Crippen LogP contribution < -0.4 is 0 Å². The molecule has 0 aromatic heterocycles. The van der Waals surface area contributed by atoms with E-state index in [2.05, 4.69) is 5.01 Å². The first-order chi connectivity index (χ1) is 9.77. The van der Waals surface area contributed by atoms with Crippen LogP contribution in [0.4, 0.5) is 0 Å². The number of carbonyl (C=O) groups excluding carboxylic acids is 2. The quantitative estimate of drug-likeness (QED) is 0.745. The number of hydrogen-bond acceptors (Lipinski definition) is 3. The highest BCUT2D eigenvalue weighted by Crippen LogP contribution is 2.33. The van der Waals surface area contributed by atoms with Crippen molar-refractivity contribution in [3.63, 3.8) is 0 Å². The van der Waals surface area contributed by atoms with Gasteiger partial charge in [-0.15, -0.1) is 0 Å². The molecule has 2 saturated carbocycles. The number of hydrogen-bond donors (Lipinski definition) is 0. The van der Waals surface area contributed by atoms with Crippen LogP contribution >= 0.6 is 0 Å². The van der Waals surface area contributed by atoms with E-state index in [1.54, 1.807) is 5.01 Å². The minimum Gasteiger partial charge on any atom is -0.273 e. The Morgan fingerprint density at radius 2 is 1.10 bits per heavy atom. The summed E-state index contributed by atoms with van der Waals surface area (Å²) in [5.41, 5.74) is 0. The lowest BCUT2D eigenvalue weighted by molar-refractivity contribution is -0.170. The van der Waals surface area contributed by atoms with Crippen LogP contribution in [0.15, 0.2) is 0 Å². The number of amides is 2. The fourth-order valence-electron chi connectivity index (χ4n) is 4.14. The molecule has 1 saturated heterocycles. The first-order valence-corrected chi connectivity index (χ1v) is 8.41. The number of nitrogens with zero attached hydrogens (tertiary/aromatic N) is 2. The Bertz CT molecular complexity index is 337. The summed E-state index contributed by atoms with van der Waals surface area (Å²) in [5, 5.41) is 3.78. The monoisotopic (exact) mass is 278 g/mol. The van der Waals surface area contributed by atoms with E-state index in [9.17, 15) is 9.59 Å². The van der Waals surface area contributed by atoms with E-state index < -0.39 is 0 Å². The van der Waals surface area contributed by atoms with Gasteiger partial charge in [-0.3, -0.25) is 9.59 Å². The SMILES string of the molecule is O=C1CCC(=O)N1N(C1CCCCC1)C1CCCCC1. The van der Waals surface area contributed by atoms with Crippen LogP contribution in [0.1, 0.15) is 77.0 Å². The van der Waals surface area contributed by atoms with Gasteiger partial charge >= 0.3 is 0 Å². The van der Waals surface area contributed by atoms with Gasteiger partial charge in [0.1, 0.15) is 0 Å². The van der Waals surface area contributed by atoms with Crippen molar-refractivity contribution >= 4 is 11.8 Å². The maximum Gasteiger partial charge on any atom is 0.244 e. The van der Waals surface area contributed by atoms with E-state index >= 15 is 0 Å². The van der Waals surface area contributed by atoms with Crippen molar-refractivity contribution < 1.29 is 9.59 Å². The average molecular weight is 278 g/mol. The van der Waals surface area contributed by atoms with Crippen LogP contribution in [0.2, 0.25) is 0 Å². The summed E-state index contributed by atoms with van der Waals surface area (Å²) >= 11 is 0. The van der Waals surface area contributed by atoms with Crippen molar-refractivity contribution in [3.05, 3.63) is 0 Å². The molecule has 0 radical (unpaired) electrons. The molecule has 3 rings (SSSR count). The van der Waals surface area contributed by atoms with Gasteiger partial charge in [0.05, 0.1) is 0 Å². The number of rotatable bonds is 3. The van der Waals surface area contributed by atoms with Crippen molar-refractivity contribution in [2.75, 3.05) is 0 Å². The van der Waals surface area contributed by atoms with E-state index in [-0.39, 0.29) is 11.8 Å². The second-order valence-electron chi connectivity index (χ2n) is 6.56. The van der Waals surface area contributed by atoms with E-state index in [0.29, 0.717) is 24.9 Å². The third kappa shape index (κ3) is 2.76. The average Bonchev–Trinajstić information content (AvgIpc) is 2.82. The molecule has 3 fully saturated rings. The highest BCUT2D eigenvalue weighted by Gasteiger charge is 2.41. The van der Waals surface area contributed by atoms with Crippen molar-refractivity contribution in [1.29, 1.82) is 0 Å². The molecule has 3 aliphatic rings. The molecule has 2 aliphatic carbocycles. The fourth-order valence-corrected chi connectivity index (χ4v) is 4.14. The summed E-state index contributed by atoms with van der Waals surface area (Å²) in [6, 6.07) is 0.829. The van der Waals surface area contributed by atoms with E-state index in [4.69, 9.17) is 0 Å². The summed E-state index contributed by atoms with van der Waals surface area (Å²) < 4.78 is 0. The van der Waals surface area contributed by atoms with Crippen molar-refractivity contribution in [2.24, 2.45) is 0 Å². The van der Waals surface area contributed by atoms with E-state index in [1.165, 1.54) is 38.5 Å². The van der Waals surface area contributed by atoms with Crippen LogP contribution in [-0.4, -0.2) is 33.9 Å². The predicted molar refractivity (Wildman–Crippen MR) is 76.7 cm³/mol. The molecular formula is C16H26N2O2. The zero-order chi connectivity index (χ0) is 13.9. The summed E-state index contributed by atoms with van der Waals surface area (Å²) in [5.74, 6) is 0.0669. The van der Waals surface area contributed by atoms with Gasteiger partial charge in [0.2, 0.25) is 11.8 Å². The molecule has 0 aromatic rings. The normalized spacial score (nSPS) is 26.8. The lowest BCUT2D eigenvalue weighted by Gasteiger charge is -2.45. The second kappa shape index (κ2) is 6.25. The minimum atomic E-state index is 0.0335. The molecule has 0 unspecified atom stereocenters. The standard InChI is InChI=1S/C16H26N2O2/c19-15-11-12-16(20)18(15)17(13-7-3-1-4-8-13)14-9-5-2-6-10-14/h13-14H,1-12H2. The summed E-state index contributed by atoms with van der Waals surface area (Å²) in [6.45, 7) is 0. The molecule has 0 atom stereocenters. The smallest absolute Gasteiger partial charge is 0.244 e. The third-order valence-electron chi connectivity index (χ3n) is 5.15. The Labute approximate surface area is 121 Å². The van der Waals surface area contributed by atoms with E-state index in [1.807, 2.05) is 0 Å². The first kappa shape index (κ1) is 14.1. The zero-order valence-corrected chi connectivity index (χ0v) is 12.4. The van der Waals surface area contributed by atoms with Crippen LogP contribution in [0.25, 0.3) is 0 Å². The topological polar surface area (TPSA) is 40.6 Å². The Kier molecular flexibility index (Phi) is 4.39. The third-order valence-corrected chi connectivity index (χ3v) is 5.15. The second-order valence-corrected chi connectivity index (χ2v) is 6.56. The Morgan fingerprint density at radius 1 is 0.700 bits per heavy atom. The molecule has 1 aliphatic heterocycles.